The van der Waals surface area contributed by atoms with Crippen LogP contribution in [0.15, 0.2) is 18.8 Å². The third-order valence-electron chi connectivity index (χ3n) is 11.1. The third-order valence-corrected chi connectivity index (χ3v) is 18.5. The second-order valence-corrected chi connectivity index (χ2v) is 29.5. The number of nitrogens with zero attached hydrogens (tertiary/aromatic N) is 8. The molecule has 1 saturated heterocycles. The summed E-state index contributed by atoms with van der Waals surface area (Å²) in [6, 6.07) is 3.17. The van der Waals surface area contributed by atoms with Gasteiger partial charge in [-0.05, 0) is 98.6 Å². The van der Waals surface area contributed by atoms with Crippen LogP contribution in [0.1, 0.15) is 77.2 Å². The summed E-state index contributed by atoms with van der Waals surface area (Å²) in [7, 11) is -1.20. The molecule has 13 nitrogen and oxygen atoms in total. The third kappa shape index (κ3) is 11.4. The van der Waals surface area contributed by atoms with Gasteiger partial charge in [-0.1, -0.05) is 53.9 Å². The number of fused-ring (bicyclic) bond motifs is 1. The Balaban J connectivity index is 1.33. The number of halogens is 1. The van der Waals surface area contributed by atoms with E-state index < -0.39 is 16.4 Å². The molecular weight excluding hydrogens is 868 g/mol. The molecule has 16 heteroatoms. The molecule has 0 amide bonds. The van der Waals surface area contributed by atoms with Gasteiger partial charge in [-0.15, -0.1) is 5.10 Å². The van der Waals surface area contributed by atoms with E-state index in [9.17, 15) is 0 Å². The maximum atomic E-state index is 6.77. The molecule has 4 aromatic rings. The number of aryl methyl sites for hydroxylation is 2. The van der Waals surface area contributed by atoms with Crippen molar-refractivity contribution in [1.29, 1.82) is 0 Å². The summed E-state index contributed by atoms with van der Waals surface area (Å²) in [4.78, 5) is 7.32. The Morgan fingerprint density at radius 2 is 1.88 bits per heavy atom. The number of rotatable bonds is 20. The predicted molar refractivity (Wildman–Crippen MR) is 242 cm³/mol. The topological polar surface area (TPSA) is 116 Å². The minimum absolute atomic E-state index is 0.0979. The normalized spacial score (nSPS) is 16.1. The molecule has 1 aliphatic rings. The van der Waals surface area contributed by atoms with E-state index in [2.05, 4.69) is 112 Å². The van der Waals surface area contributed by atoms with Crippen LogP contribution >= 0.6 is 22.6 Å². The molecule has 5 rings (SSSR count). The van der Waals surface area contributed by atoms with Gasteiger partial charge in [-0.3, -0.25) is 14.6 Å². The van der Waals surface area contributed by atoms with Crippen LogP contribution in [0.4, 0.5) is 0 Å². The van der Waals surface area contributed by atoms with Crippen molar-refractivity contribution in [3.63, 3.8) is 0 Å². The monoisotopic (exact) mass is 934 g/mol. The highest BCUT2D eigenvalue weighted by Crippen LogP contribution is 2.38. The van der Waals surface area contributed by atoms with Gasteiger partial charge < -0.3 is 23.4 Å². The van der Waals surface area contributed by atoms with Gasteiger partial charge in [-0.25, -0.2) is 9.36 Å². The van der Waals surface area contributed by atoms with Crippen molar-refractivity contribution in [3.05, 3.63) is 39.5 Å². The molecule has 4 aromatic heterocycles. The highest BCUT2D eigenvalue weighted by molar-refractivity contribution is 14.1. The number of aromatic nitrogens is 7. The van der Waals surface area contributed by atoms with E-state index in [-0.39, 0.29) is 24.2 Å². The maximum Gasteiger partial charge on any atom is 0.248 e. The molecule has 1 unspecified atom stereocenters. The van der Waals surface area contributed by atoms with Crippen molar-refractivity contribution < 1.29 is 23.4 Å². The van der Waals surface area contributed by atoms with Crippen LogP contribution in [-0.2, 0) is 34.0 Å². The molecule has 316 valence electrons. The zero-order valence-electron chi connectivity index (χ0n) is 36.6. The summed E-state index contributed by atoms with van der Waals surface area (Å²) in [6.45, 7) is 33.8. The van der Waals surface area contributed by atoms with Crippen molar-refractivity contribution in [1.82, 2.24) is 39.2 Å². The fraction of sp³-hybridized carbons (Fsp3) is 0.659. The van der Waals surface area contributed by atoms with E-state index in [1.54, 1.807) is 6.08 Å². The smallest absolute Gasteiger partial charge is 0.248 e. The molecule has 0 N–H and O–H groups in total. The number of hydrogen-bond acceptors (Lipinski definition) is 10. The Morgan fingerprint density at radius 1 is 1.12 bits per heavy atom. The Hall–Kier alpha value is -2.62. The summed E-state index contributed by atoms with van der Waals surface area (Å²) in [5.41, 5.74) is 5.33. The molecule has 0 spiro atoms. The van der Waals surface area contributed by atoms with Gasteiger partial charge >= 0.3 is 0 Å². The lowest BCUT2D eigenvalue weighted by molar-refractivity contribution is -0.0367. The van der Waals surface area contributed by atoms with Gasteiger partial charge in [-0.2, -0.15) is 10.2 Å². The van der Waals surface area contributed by atoms with E-state index in [0.717, 1.165) is 81.3 Å². The number of ether oxygens (including phenoxy) is 4. The standard InChI is InChI=1S/C41H67IN8O5Si2/c1-14-32-31-24-33(43-25-34(31)50(45-32)36-18-16-17-20-52-36)37-30(4)44-47(8)40(37)55-29(3)26-48(15-2)27-35-38(42)39(53-28-51-22-23-56(9,10)11)46-49(35)19-21-54-57(12,13)41(5,6)7/h14,24-25,29,36H,1,15-23,26-28H2,2-13H3/t29-,36?/m1/s1. The van der Waals surface area contributed by atoms with Crippen LogP contribution in [0, 0.1) is 10.5 Å². The lowest BCUT2D eigenvalue weighted by Crippen LogP contribution is -2.41. The lowest BCUT2D eigenvalue weighted by Gasteiger charge is -2.36. The number of pyridine rings is 1. The predicted octanol–water partition coefficient (Wildman–Crippen LogP) is 9.29. The number of hydrogen-bond donors (Lipinski definition) is 0. The van der Waals surface area contributed by atoms with Crippen molar-refractivity contribution in [2.24, 2.45) is 7.05 Å². The van der Waals surface area contributed by atoms with E-state index >= 15 is 0 Å². The molecule has 2 atom stereocenters. The molecule has 1 aliphatic heterocycles. The minimum Gasteiger partial charge on any atom is -0.473 e. The van der Waals surface area contributed by atoms with Crippen molar-refractivity contribution in [2.45, 2.75) is 130 Å². The van der Waals surface area contributed by atoms with E-state index in [1.807, 2.05) is 29.5 Å². The Morgan fingerprint density at radius 3 is 2.53 bits per heavy atom. The largest absolute Gasteiger partial charge is 0.473 e. The zero-order chi connectivity index (χ0) is 41.7. The zero-order valence-corrected chi connectivity index (χ0v) is 40.7. The quantitative estimate of drug-likeness (QED) is 0.0368. The molecule has 0 aromatic carbocycles. The van der Waals surface area contributed by atoms with Crippen LogP contribution in [0.25, 0.3) is 28.2 Å². The Labute approximate surface area is 356 Å². The first-order valence-corrected chi connectivity index (χ1v) is 28.2. The van der Waals surface area contributed by atoms with Gasteiger partial charge in [0.15, 0.2) is 21.3 Å². The fourth-order valence-electron chi connectivity index (χ4n) is 6.68. The SMILES string of the molecule is C=Cc1nn(C2CCCCO2)c2cnc(-c3c(C)nn(C)c3O[C@H](C)CN(CC)Cc3c(I)c(OCOCC[Si](C)(C)C)nn3CCO[Si](C)(C)C(C)(C)C)cc12. The van der Waals surface area contributed by atoms with Crippen LogP contribution < -0.4 is 9.47 Å². The van der Waals surface area contributed by atoms with Crippen LogP contribution in [-0.4, -0.2) is 101 Å². The summed E-state index contributed by atoms with van der Waals surface area (Å²) >= 11 is 2.38. The molecule has 5 heterocycles. The second-order valence-electron chi connectivity index (χ2n) is 18.0. The minimum atomic E-state index is -1.93. The van der Waals surface area contributed by atoms with Gasteiger partial charge in [0.2, 0.25) is 11.8 Å². The second kappa shape index (κ2) is 19.2. The van der Waals surface area contributed by atoms with E-state index in [1.165, 1.54) is 0 Å². The summed E-state index contributed by atoms with van der Waals surface area (Å²) in [5.74, 6) is 1.28. The van der Waals surface area contributed by atoms with Crippen molar-refractivity contribution in [3.8, 4) is 23.0 Å². The fourth-order valence-corrected chi connectivity index (χ4v) is 9.18. The average molecular weight is 935 g/mol. The highest BCUT2D eigenvalue weighted by atomic mass is 127. The van der Waals surface area contributed by atoms with Crippen LogP contribution in [0.2, 0.25) is 43.8 Å². The van der Waals surface area contributed by atoms with Gasteiger partial charge in [0, 0.05) is 46.8 Å². The van der Waals surface area contributed by atoms with Crippen molar-refractivity contribution in [2.75, 3.05) is 39.7 Å². The van der Waals surface area contributed by atoms with E-state index in [4.69, 9.17) is 43.7 Å². The Kier molecular flexibility index (Phi) is 15.3. The Bertz CT molecular complexity index is 1960. The number of likely N-dealkylation sites (N-methyl/N-ethyl adjacent to an activating group) is 1. The molecule has 0 saturated carbocycles. The van der Waals surface area contributed by atoms with Gasteiger partial charge in [0.25, 0.3) is 0 Å². The molecule has 0 radical (unpaired) electrons. The van der Waals surface area contributed by atoms with Crippen LogP contribution in [0.5, 0.6) is 11.8 Å². The summed E-state index contributed by atoms with van der Waals surface area (Å²) < 4.78 is 38.3. The van der Waals surface area contributed by atoms with Crippen LogP contribution in [0.3, 0.4) is 0 Å². The first kappa shape index (κ1) is 45.5. The average Bonchev–Trinajstić information content (AvgIpc) is 3.75. The highest BCUT2D eigenvalue weighted by Gasteiger charge is 2.37. The molecule has 1 fully saturated rings. The molecule has 57 heavy (non-hydrogen) atoms. The molecule has 0 bridgehead atoms. The first-order valence-electron chi connectivity index (χ1n) is 20.5. The van der Waals surface area contributed by atoms with Crippen molar-refractivity contribution >= 4 is 56.0 Å². The van der Waals surface area contributed by atoms with Gasteiger partial charge in [0.1, 0.15) is 6.10 Å². The molecular formula is C41H67IN8O5Si2. The first-order chi connectivity index (χ1) is 26.8. The maximum absolute atomic E-state index is 6.77. The lowest BCUT2D eigenvalue weighted by atomic mass is 10.1. The summed E-state index contributed by atoms with van der Waals surface area (Å²) in [5, 5.41) is 15.7. The van der Waals surface area contributed by atoms with E-state index in [0.29, 0.717) is 44.6 Å². The molecule has 0 aliphatic carbocycles. The summed E-state index contributed by atoms with van der Waals surface area (Å²) in [6.07, 6.45) is 6.54. The van der Waals surface area contributed by atoms with Gasteiger partial charge in [0.05, 0.1) is 56.8 Å².